The van der Waals surface area contributed by atoms with E-state index in [0.717, 1.165) is 11.1 Å². The minimum atomic E-state index is -1.16. The minimum Gasteiger partial charge on any atom is -0.480 e. The SMILES string of the molecule is CCOC(=O)C(CS)NC(=O)c1ccc(-c2ccc(C(=O)NC(CS)C(=O)O)cc2)cc1. The van der Waals surface area contributed by atoms with Crippen LogP contribution in [0.4, 0.5) is 0 Å². The molecular weight excluding hydrogens is 452 g/mol. The third-order valence-corrected chi connectivity index (χ3v) is 5.20. The van der Waals surface area contributed by atoms with E-state index in [2.05, 4.69) is 35.9 Å². The zero-order valence-corrected chi connectivity index (χ0v) is 19.1. The molecule has 2 aromatic carbocycles. The number of nitrogens with one attached hydrogen (secondary N) is 2. The molecule has 2 amide bonds. The quantitative estimate of drug-likeness (QED) is 0.264. The monoisotopic (exact) mass is 476 g/mol. The number of carboxylic acids is 1. The molecule has 2 atom stereocenters. The number of ether oxygens (including phenoxy) is 1. The summed E-state index contributed by atoms with van der Waals surface area (Å²) >= 11 is 8.00. The number of amides is 2. The highest BCUT2D eigenvalue weighted by atomic mass is 32.1. The van der Waals surface area contributed by atoms with Gasteiger partial charge in [0.1, 0.15) is 12.1 Å². The second-order valence-electron chi connectivity index (χ2n) is 6.66. The number of carbonyl (C=O) groups excluding carboxylic acids is 3. The van der Waals surface area contributed by atoms with Crippen molar-refractivity contribution in [2.75, 3.05) is 18.1 Å². The van der Waals surface area contributed by atoms with Crippen LogP contribution in [-0.4, -0.2) is 59.1 Å². The maximum absolute atomic E-state index is 12.4. The minimum absolute atomic E-state index is 0.0202. The van der Waals surface area contributed by atoms with Crippen molar-refractivity contribution in [1.82, 2.24) is 10.6 Å². The van der Waals surface area contributed by atoms with E-state index >= 15 is 0 Å². The van der Waals surface area contributed by atoms with Crippen molar-refractivity contribution in [2.24, 2.45) is 0 Å². The summed E-state index contributed by atoms with van der Waals surface area (Å²) in [6.45, 7) is 1.89. The molecule has 0 radical (unpaired) electrons. The van der Waals surface area contributed by atoms with Crippen LogP contribution in [-0.2, 0) is 14.3 Å². The second-order valence-corrected chi connectivity index (χ2v) is 7.39. The molecule has 2 unspecified atom stereocenters. The van der Waals surface area contributed by atoms with E-state index in [1.807, 2.05) is 0 Å². The van der Waals surface area contributed by atoms with E-state index in [0.29, 0.717) is 11.1 Å². The Bertz CT molecular complexity index is 963. The first-order chi connectivity index (χ1) is 15.3. The van der Waals surface area contributed by atoms with Crippen LogP contribution in [0.25, 0.3) is 11.1 Å². The molecule has 0 bridgehead atoms. The zero-order chi connectivity index (χ0) is 23.7. The number of carboxylic acid groups (broad SMARTS) is 1. The highest BCUT2D eigenvalue weighted by Gasteiger charge is 2.21. The summed E-state index contributed by atoms with van der Waals surface area (Å²) in [6, 6.07) is 11.4. The normalized spacial score (nSPS) is 12.3. The summed E-state index contributed by atoms with van der Waals surface area (Å²) in [5, 5.41) is 14.0. The Labute approximate surface area is 196 Å². The lowest BCUT2D eigenvalue weighted by molar-refractivity contribution is -0.144. The molecule has 10 heteroatoms. The standard InChI is InChI=1S/C22H24N2O6S2/c1-2-30-22(29)18(12-32)24-20(26)16-9-5-14(6-10-16)13-3-7-15(8-4-13)19(25)23-17(11-31)21(27)28/h3-10,17-18,31-32H,2,11-12H2,1H3,(H,23,25)(H,24,26)(H,27,28). The molecule has 2 rings (SSSR count). The predicted molar refractivity (Wildman–Crippen MR) is 126 cm³/mol. The average Bonchev–Trinajstić information content (AvgIpc) is 2.80. The molecule has 0 aliphatic carbocycles. The first kappa shape index (κ1) is 25.3. The summed E-state index contributed by atoms with van der Waals surface area (Å²) in [6.07, 6.45) is 0. The molecule has 170 valence electrons. The van der Waals surface area contributed by atoms with Crippen LogP contribution >= 0.6 is 25.3 Å². The van der Waals surface area contributed by atoms with Crippen molar-refractivity contribution in [1.29, 1.82) is 0 Å². The number of aliphatic carboxylic acids is 1. The molecule has 0 aliphatic heterocycles. The van der Waals surface area contributed by atoms with Gasteiger partial charge in [0, 0.05) is 22.6 Å². The maximum atomic E-state index is 12.4. The molecular formula is C22H24N2O6S2. The number of hydrogen-bond donors (Lipinski definition) is 5. The summed E-state index contributed by atoms with van der Waals surface area (Å²) in [4.78, 5) is 47.5. The summed E-state index contributed by atoms with van der Waals surface area (Å²) in [5.41, 5.74) is 2.29. The van der Waals surface area contributed by atoms with E-state index in [4.69, 9.17) is 9.84 Å². The average molecular weight is 477 g/mol. The number of thiol groups is 2. The van der Waals surface area contributed by atoms with Crippen molar-refractivity contribution >= 4 is 49.0 Å². The van der Waals surface area contributed by atoms with Gasteiger partial charge < -0.3 is 20.5 Å². The molecule has 2 aromatic rings. The maximum Gasteiger partial charge on any atom is 0.329 e. The molecule has 0 fully saturated rings. The number of carbonyl (C=O) groups is 4. The van der Waals surface area contributed by atoms with E-state index < -0.39 is 35.8 Å². The van der Waals surface area contributed by atoms with E-state index in [1.165, 1.54) is 0 Å². The van der Waals surface area contributed by atoms with Gasteiger partial charge in [-0.2, -0.15) is 25.3 Å². The topological polar surface area (TPSA) is 122 Å². The van der Waals surface area contributed by atoms with Crippen LogP contribution in [0.1, 0.15) is 27.6 Å². The molecule has 0 heterocycles. The van der Waals surface area contributed by atoms with Gasteiger partial charge in [0.15, 0.2) is 0 Å². The molecule has 0 aromatic heterocycles. The lowest BCUT2D eigenvalue weighted by atomic mass is 10.0. The van der Waals surface area contributed by atoms with Crippen molar-refractivity contribution in [3.63, 3.8) is 0 Å². The molecule has 0 saturated heterocycles. The number of benzene rings is 2. The molecule has 0 aliphatic rings. The fourth-order valence-electron chi connectivity index (χ4n) is 2.72. The Kier molecular flexibility index (Phi) is 9.61. The lowest BCUT2D eigenvalue weighted by Gasteiger charge is -2.15. The van der Waals surface area contributed by atoms with Crippen LogP contribution < -0.4 is 10.6 Å². The summed E-state index contributed by atoms with van der Waals surface area (Å²) < 4.78 is 4.91. The number of rotatable bonds is 10. The highest BCUT2D eigenvalue weighted by Crippen LogP contribution is 2.20. The molecule has 0 saturated carbocycles. The molecule has 3 N–H and O–H groups in total. The van der Waals surface area contributed by atoms with Gasteiger partial charge in [-0.3, -0.25) is 9.59 Å². The van der Waals surface area contributed by atoms with Crippen LogP contribution in [0.2, 0.25) is 0 Å². The first-order valence-electron chi connectivity index (χ1n) is 9.74. The molecule has 32 heavy (non-hydrogen) atoms. The van der Waals surface area contributed by atoms with Gasteiger partial charge in [0.25, 0.3) is 11.8 Å². The Morgan fingerprint density at radius 1 is 0.812 bits per heavy atom. The third-order valence-electron chi connectivity index (χ3n) is 4.47. The fourth-order valence-corrected chi connectivity index (χ4v) is 3.21. The smallest absolute Gasteiger partial charge is 0.329 e. The van der Waals surface area contributed by atoms with Crippen LogP contribution in [0.5, 0.6) is 0 Å². The van der Waals surface area contributed by atoms with Crippen molar-refractivity contribution in [3.8, 4) is 11.1 Å². The summed E-state index contributed by atoms with van der Waals surface area (Å²) in [5.74, 6) is -2.53. The van der Waals surface area contributed by atoms with Crippen LogP contribution in [0.15, 0.2) is 48.5 Å². The third kappa shape index (κ3) is 6.76. The van der Waals surface area contributed by atoms with Crippen LogP contribution in [0.3, 0.4) is 0 Å². The lowest BCUT2D eigenvalue weighted by Crippen LogP contribution is -2.43. The van der Waals surface area contributed by atoms with Crippen molar-refractivity contribution in [2.45, 2.75) is 19.0 Å². The van der Waals surface area contributed by atoms with Crippen LogP contribution in [0, 0.1) is 0 Å². The molecule has 8 nitrogen and oxygen atoms in total. The fraction of sp³-hybridized carbons (Fsp3) is 0.273. The number of hydrogen-bond acceptors (Lipinski definition) is 7. The van der Waals surface area contributed by atoms with Gasteiger partial charge in [0.05, 0.1) is 6.61 Å². The summed E-state index contributed by atoms with van der Waals surface area (Å²) in [7, 11) is 0. The zero-order valence-electron chi connectivity index (χ0n) is 17.3. The van der Waals surface area contributed by atoms with E-state index in [1.54, 1.807) is 55.5 Å². The number of esters is 1. The van der Waals surface area contributed by atoms with Gasteiger partial charge >= 0.3 is 11.9 Å². The molecule has 0 spiro atoms. The van der Waals surface area contributed by atoms with Gasteiger partial charge in [-0.1, -0.05) is 24.3 Å². The van der Waals surface area contributed by atoms with Gasteiger partial charge in [-0.25, -0.2) is 9.59 Å². The Balaban J connectivity index is 2.06. The largest absolute Gasteiger partial charge is 0.480 e. The van der Waals surface area contributed by atoms with Crippen molar-refractivity contribution < 1.29 is 29.0 Å². The highest BCUT2D eigenvalue weighted by molar-refractivity contribution is 7.80. The van der Waals surface area contributed by atoms with Crippen molar-refractivity contribution in [3.05, 3.63) is 59.7 Å². The Hall–Kier alpha value is -2.98. The van der Waals surface area contributed by atoms with Gasteiger partial charge in [-0.05, 0) is 42.3 Å². The van der Waals surface area contributed by atoms with Gasteiger partial charge in [0.2, 0.25) is 0 Å². The Morgan fingerprint density at radius 2 is 1.22 bits per heavy atom. The second kappa shape index (κ2) is 12.2. The van der Waals surface area contributed by atoms with Gasteiger partial charge in [-0.15, -0.1) is 0 Å². The predicted octanol–water partition coefficient (Wildman–Crippen LogP) is 2.06. The van der Waals surface area contributed by atoms with E-state index in [-0.39, 0.29) is 18.1 Å². The Morgan fingerprint density at radius 3 is 1.56 bits per heavy atom. The van der Waals surface area contributed by atoms with E-state index in [9.17, 15) is 19.2 Å². The first-order valence-corrected chi connectivity index (χ1v) is 11.0.